The summed E-state index contributed by atoms with van der Waals surface area (Å²) in [5, 5.41) is 0.927. The Morgan fingerprint density at radius 1 is 1.47 bits per heavy atom. The number of carbonyl (C=O) groups excluding carboxylic acids is 1. The van der Waals surface area contributed by atoms with Gasteiger partial charge in [0.05, 0.1) is 11.1 Å². The summed E-state index contributed by atoms with van der Waals surface area (Å²) in [6, 6.07) is 5.37. The molecular weight excluding hydrogens is 324 g/mol. The largest absolute Gasteiger partial charge is 0.492 e. The lowest BCUT2D eigenvalue weighted by molar-refractivity contribution is 0.101. The molecule has 0 saturated heterocycles. The highest BCUT2D eigenvalue weighted by Gasteiger charge is 2.05. The molecule has 0 aromatic heterocycles. The predicted molar refractivity (Wildman–Crippen MR) is 68.1 cm³/mol. The van der Waals surface area contributed by atoms with E-state index in [4.69, 9.17) is 4.74 Å². The molecule has 0 saturated carbocycles. The van der Waals surface area contributed by atoms with E-state index < -0.39 is 0 Å². The standard InChI is InChI=1S/C11H12Br2O2/c1-8(14)9-3-4-11(10(13)7-9)15-6-2-5-12/h3-4,7H,2,5-6H2,1H3. The molecule has 0 amide bonds. The Kier molecular flexibility index (Phi) is 5.32. The number of carbonyl (C=O) groups is 1. The molecule has 0 heterocycles. The van der Waals surface area contributed by atoms with E-state index >= 15 is 0 Å². The summed E-state index contributed by atoms with van der Waals surface area (Å²) < 4.78 is 6.35. The number of Topliss-reactive ketones (excluding diaryl/α,β-unsaturated/α-hetero) is 1. The highest BCUT2D eigenvalue weighted by molar-refractivity contribution is 9.10. The summed E-state index contributed by atoms with van der Waals surface area (Å²) >= 11 is 6.71. The Balaban J connectivity index is 2.70. The quantitative estimate of drug-likeness (QED) is 0.464. The maximum absolute atomic E-state index is 11.1. The van der Waals surface area contributed by atoms with Gasteiger partial charge in [0.15, 0.2) is 5.78 Å². The van der Waals surface area contributed by atoms with Crippen molar-refractivity contribution in [2.24, 2.45) is 0 Å². The van der Waals surface area contributed by atoms with E-state index in [1.54, 1.807) is 19.1 Å². The Bertz CT molecular complexity index is 350. The van der Waals surface area contributed by atoms with Gasteiger partial charge in [-0.1, -0.05) is 15.9 Å². The average Bonchev–Trinajstić information content (AvgIpc) is 2.20. The molecule has 1 aromatic carbocycles. The van der Waals surface area contributed by atoms with Crippen molar-refractivity contribution in [3.8, 4) is 5.75 Å². The van der Waals surface area contributed by atoms with Gasteiger partial charge in [-0.05, 0) is 47.5 Å². The first-order chi connectivity index (χ1) is 7.15. The monoisotopic (exact) mass is 334 g/mol. The van der Waals surface area contributed by atoms with Crippen molar-refractivity contribution in [3.05, 3.63) is 28.2 Å². The van der Waals surface area contributed by atoms with Crippen LogP contribution in [0.3, 0.4) is 0 Å². The van der Waals surface area contributed by atoms with Crippen LogP contribution in [0.5, 0.6) is 5.75 Å². The van der Waals surface area contributed by atoms with E-state index in [-0.39, 0.29) is 5.78 Å². The summed E-state index contributed by atoms with van der Waals surface area (Å²) in [7, 11) is 0. The molecule has 0 unspecified atom stereocenters. The third-order valence-electron chi connectivity index (χ3n) is 1.87. The Morgan fingerprint density at radius 2 is 2.20 bits per heavy atom. The second-order valence-corrected chi connectivity index (χ2v) is 4.74. The minimum Gasteiger partial charge on any atom is -0.492 e. The molecule has 0 spiro atoms. The molecule has 0 radical (unpaired) electrons. The van der Waals surface area contributed by atoms with Crippen molar-refractivity contribution < 1.29 is 9.53 Å². The Morgan fingerprint density at radius 3 is 2.73 bits per heavy atom. The van der Waals surface area contributed by atoms with Gasteiger partial charge >= 0.3 is 0 Å². The van der Waals surface area contributed by atoms with E-state index in [2.05, 4.69) is 31.9 Å². The molecule has 82 valence electrons. The lowest BCUT2D eigenvalue weighted by Gasteiger charge is -2.07. The number of hydrogen-bond donors (Lipinski definition) is 0. The number of rotatable bonds is 5. The van der Waals surface area contributed by atoms with E-state index in [9.17, 15) is 4.79 Å². The molecular formula is C11H12Br2O2. The van der Waals surface area contributed by atoms with Crippen LogP contribution in [0.25, 0.3) is 0 Å². The number of ketones is 1. The second kappa shape index (κ2) is 6.28. The molecule has 1 rings (SSSR count). The van der Waals surface area contributed by atoms with Crippen LogP contribution in [-0.2, 0) is 0 Å². The SMILES string of the molecule is CC(=O)c1ccc(OCCCBr)c(Br)c1. The minimum absolute atomic E-state index is 0.0581. The van der Waals surface area contributed by atoms with Crippen molar-refractivity contribution in [3.63, 3.8) is 0 Å². The van der Waals surface area contributed by atoms with Crippen molar-refractivity contribution in [1.29, 1.82) is 0 Å². The van der Waals surface area contributed by atoms with Crippen molar-refractivity contribution in [2.45, 2.75) is 13.3 Å². The number of ether oxygens (including phenoxy) is 1. The zero-order valence-electron chi connectivity index (χ0n) is 8.43. The molecule has 0 atom stereocenters. The molecule has 0 aliphatic rings. The first-order valence-electron chi connectivity index (χ1n) is 4.64. The van der Waals surface area contributed by atoms with Gasteiger partial charge in [0, 0.05) is 10.9 Å². The van der Waals surface area contributed by atoms with Crippen LogP contribution in [0.15, 0.2) is 22.7 Å². The molecule has 0 bridgehead atoms. The van der Waals surface area contributed by atoms with Crippen LogP contribution in [0.2, 0.25) is 0 Å². The fourth-order valence-electron chi connectivity index (χ4n) is 1.07. The maximum atomic E-state index is 11.1. The second-order valence-electron chi connectivity index (χ2n) is 3.09. The number of halogens is 2. The summed E-state index contributed by atoms with van der Waals surface area (Å²) in [6.07, 6.45) is 0.959. The molecule has 0 N–H and O–H groups in total. The topological polar surface area (TPSA) is 26.3 Å². The van der Waals surface area contributed by atoms with Crippen LogP contribution >= 0.6 is 31.9 Å². The highest BCUT2D eigenvalue weighted by atomic mass is 79.9. The van der Waals surface area contributed by atoms with Gasteiger partial charge in [0.2, 0.25) is 0 Å². The molecule has 15 heavy (non-hydrogen) atoms. The normalized spacial score (nSPS) is 10.1. The van der Waals surface area contributed by atoms with E-state index in [0.29, 0.717) is 12.2 Å². The fourth-order valence-corrected chi connectivity index (χ4v) is 1.80. The maximum Gasteiger partial charge on any atom is 0.159 e. The van der Waals surface area contributed by atoms with Gasteiger partial charge in [-0.25, -0.2) is 0 Å². The third-order valence-corrected chi connectivity index (χ3v) is 3.05. The summed E-state index contributed by atoms with van der Waals surface area (Å²) in [5.41, 5.74) is 0.690. The van der Waals surface area contributed by atoms with E-state index in [1.165, 1.54) is 0 Å². The third kappa shape index (κ3) is 3.95. The van der Waals surface area contributed by atoms with Gasteiger partial charge in [-0.15, -0.1) is 0 Å². The predicted octanol–water partition coefficient (Wildman–Crippen LogP) is 3.82. The van der Waals surface area contributed by atoms with Gasteiger partial charge in [0.1, 0.15) is 5.75 Å². The zero-order chi connectivity index (χ0) is 11.3. The van der Waals surface area contributed by atoms with Gasteiger partial charge in [-0.3, -0.25) is 4.79 Å². The van der Waals surface area contributed by atoms with E-state index in [0.717, 1.165) is 22.0 Å². The Labute approximate surface area is 106 Å². The van der Waals surface area contributed by atoms with Crippen LogP contribution < -0.4 is 4.74 Å². The van der Waals surface area contributed by atoms with E-state index in [1.807, 2.05) is 6.07 Å². The fraction of sp³-hybridized carbons (Fsp3) is 0.364. The molecule has 2 nitrogen and oxygen atoms in total. The number of benzene rings is 1. The van der Waals surface area contributed by atoms with Crippen LogP contribution in [0.1, 0.15) is 23.7 Å². The molecule has 1 aromatic rings. The lowest BCUT2D eigenvalue weighted by atomic mass is 10.1. The number of hydrogen-bond acceptors (Lipinski definition) is 2. The van der Waals surface area contributed by atoms with Crippen LogP contribution in [0.4, 0.5) is 0 Å². The van der Waals surface area contributed by atoms with Crippen molar-refractivity contribution in [1.82, 2.24) is 0 Å². The van der Waals surface area contributed by atoms with Crippen LogP contribution in [0, 0.1) is 0 Å². The van der Waals surface area contributed by atoms with Gasteiger partial charge in [0.25, 0.3) is 0 Å². The summed E-state index contributed by atoms with van der Waals surface area (Å²) in [5.74, 6) is 0.837. The summed E-state index contributed by atoms with van der Waals surface area (Å²) in [6.45, 7) is 2.22. The molecule has 0 aliphatic heterocycles. The first kappa shape index (κ1) is 12.7. The average molecular weight is 336 g/mol. The Hall–Kier alpha value is -0.350. The smallest absolute Gasteiger partial charge is 0.159 e. The number of alkyl halides is 1. The highest BCUT2D eigenvalue weighted by Crippen LogP contribution is 2.26. The van der Waals surface area contributed by atoms with Crippen LogP contribution in [-0.4, -0.2) is 17.7 Å². The summed E-state index contributed by atoms with van der Waals surface area (Å²) in [4.78, 5) is 11.1. The molecule has 0 aliphatic carbocycles. The van der Waals surface area contributed by atoms with Gasteiger partial charge < -0.3 is 4.74 Å². The molecule has 0 fully saturated rings. The van der Waals surface area contributed by atoms with Crippen molar-refractivity contribution in [2.75, 3.05) is 11.9 Å². The molecule has 4 heteroatoms. The minimum atomic E-state index is 0.0581. The van der Waals surface area contributed by atoms with Gasteiger partial charge in [-0.2, -0.15) is 0 Å². The van der Waals surface area contributed by atoms with Crippen molar-refractivity contribution >= 4 is 37.6 Å². The lowest BCUT2D eigenvalue weighted by Crippen LogP contribution is -1.99. The first-order valence-corrected chi connectivity index (χ1v) is 6.56. The zero-order valence-corrected chi connectivity index (χ0v) is 11.6.